The van der Waals surface area contributed by atoms with Crippen LogP contribution in [0.25, 0.3) is 21.9 Å². The van der Waals surface area contributed by atoms with Crippen LogP contribution in [0.4, 0.5) is 5.69 Å². The Morgan fingerprint density at radius 3 is 2.72 bits per heavy atom. The van der Waals surface area contributed by atoms with Crippen molar-refractivity contribution < 1.29 is 13.9 Å². The number of ether oxygens (including phenoxy) is 1. The van der Waals surface area contributed by atoms with Gasteiger partial charge in [0.2, 0.25) is 5.76 Å². The molecule has 7 nitrogen and oxygen atoms in total. The van der Waals surface area contributed by atoms with Gasteiger partial charge in [0.1, 0.15) is 5.58 Å². The summed E-state index contributed by atoms with van der Waals surface area (Å²) in [4.78, 5) is 20.2. The van der Waals surface area contributed by atoms with Crippen molar-refractivity contribution in [1.29, 1.82) is 5.26 Å². The van der Waals surface area contributed by atoms with Crippen LogP contribution in [0.2, 0.25) is 0 Å². The number of anilines is 1. The minimum atomic E-state index is -0.421. The first-order valence-corrected chi connectivity index (χ1v) is 12.3. The van der Waals surface area contributed by atoms with E-state index in [1.165, 1.54) is 10.9 Å². The molecular formula is C28H31ClN4O3. The van der Waals surface area contributed by atoms with Crippen LogP contribution in [0.15, 0.2) is 53.1 Å². The molecule has 0 aliphatic carbocycles. The number of nitrogens with one attached hydrogen (secondary N) is 1. The minimum absolute atomic E-state index is 0. The van der Waals surface area contributed by atoms with Crippen LogP contribution in [-0.2, 0) is 11.2 Å². The topological polar surface area (TPSA) is 85.5 Å². The van der Waals surface area contributed by atoms with E-state index in [0.29, 0.717) is 17.8 Å². The number of carbonyl (C=O) groups is 1. The quantitative estimate of drug-likeness (QED) is 0.250. The number of hydrogen-bond donors (Lipinski definition) is 1. The van der Waals surface area contributed by atoms with E-state index in [0.717, 1.165) is 68.6 Å². The van der Waals surface area contributed by atoms with Crippen LogP contribution in [0.1, 0.15) is 41.4 Å². The molecule has 2 aromatic heterocycles. The van der Waals surface area contributed by atoms with Gasteiger partial charge in [-0.1, -0.05) is 0 Å². The number of nitriles is 1. The van der Waals surface area contributed by atoms with Crippen molar-refractivity contribution in [3.05, 3.63) is 65.5 Å². The molecule has 0 unspecified atom stereocenters. The summed E-state index contributed by atoms with van der Waals surface area (Å²) in [6.07, 6.45) is 5.39. The molecule has 0 saturated carbocycles. The van der Waals surface area contributed by atoms with Crippen molar-refractivity contribution in [2.45, 2.75) is 26.2 Å². The number of aromatic nitrogens is 1. The van der Waals surface area contributed by atoms with Crippen LogP contribution in [0.5, 0.6) is 0 Å². The van der Waals surface area contributed by atoms with Crippen molar-refractivity contribution in [3.63, 3.8) is 0 Å². The predicted octanol–water partition coefficient (Wildman–Crippen LogP) is 5.53. The Morgan fingerprint density at radius 2 is 1.94 bits per heavy atom. The fourth-order valence-electron chi connectivity index (χ4n) is 4.87. The number of fused-ring (bicyclic) bond motifs is 2. The summed E-state index contributed by atoms with van der Waals surface area (Å²) in [7, 11) is 0. The summed E-state index contributed by atoms with van der Waals surface area (Å²) in [6, 6.07) is 15.9. The Labute approximate surface area is 217 Å². The molecule has 1 aliphatic rings. The molecule has 36 heavy (non-hydrogen) atoms. The number of piperazine rings is 1. The molecule has 188 valence electrons. The molecule has 8 heteroatoms. The lowest BCUT2D eigenvalue weighted by Crippen LogP contribution is -2.46. The van der Waals surface area contributed by atoms with E-state index in [-0.39, 0.29) is 18.2 Å². The molecule has 0 bridgehead atoms. The molecular weight excluding hydrogens is 476 g/mol. The number of benzene rings is 2. The Balaban J connectivity index is 0.00000304. The number of rotatable bonds is 8. The van der Waals surface area contributed by atoms with Crippen molar-refractivity contribution in [1.82, 2.24) is 9.88 Å². The third-order valence-electron chi connectivity index (χ3n) is 6.78. The third kappa shape index (κ3) is 5.51. The smallest absolute Gasteiger partial charge is 0.374 e. The maximum Gasteiger partial charge on any atom is 0.374 e. The number of aryl methyl sites for hydroxylation is 1. The number of unbranched alkanes of at least 4 members (excludes halogenated alkanes) is 1. The SMILES string of the molecule is CCOC(=O)c1cc2cc(N3CCN(CCCCc4c[nH]c5ccc(C#N)cc45)CC3)ccc2o1.Cl. The molecule has 2 aromatic carbocycles. The molecule has 0 spiro atoms. The van der Waals surface area contributed by atoms with Crippen LogP contribution in [0.3, 0.4) is 0 Å². The second kappa shape index (κ2) is 11.5. The molecule has 5 rings (SSSR count). The standard InChI is InChI=1S/C28H30N4O3.ClH/c1-2-34-28(33)27-17-22-16-23(7-9-26(22)35-27)32-13-11-31(12-14-32)10-4-3-5-21-19-30-25-8-6-20(18-29)15-24(21)25;/h6-9,15-17,19,30H,2-5,10-14H2,1H3;1H. The Kier molecular flexibility index (Phi) is 8.19. The highest BCUT2D eigenvalue weighted by molar-refractivity contribution is 5.93. The zero-order chi connectivity index (χ0) is 24.2. The normalized spacial score (nSPS) is 14.1. The zero-order valence-corrected chi connectivity index (χ0v) is 21.3. The number of esters is 1. The van der Waals surface area contributed by atoms with Gasteiger partial charge in [0.05, 0.1) is 18.2 Å². The average molecular weight is 507 g/mol. The van der Waals surface area contributed by atoms with E-state index in [9.17, 15) is 10.1 Å². The van der Waals surface area contributed by atoms with Gasteiger partial charge in [-0.05, 0) is 80.8 Å². The van der Waals surface area contributed by atoms with Gasteiger partial charge in [0.25, 0.3) is 0 Å². The van der Waals surface area contributed by atoms with Gasteiger partial charge in [-0.2, -0.15) is 5.26 Å². The predicted molar refractivity (Wildman–Crippen MR) is 144 cm³/mol. The number of carbonyl (C=O) groups excluding carboxylic acids is 1. The van der Waals surface area contributed by atoms with Gasteiger partial charge < -0.3 is 19.0 Å². The van der Waals surface area contributed by atoms with Gasteiger partial charge in [-0.15, -0.1) is 12.4 Å². The third-order valence-corrected chi connectivity index (χ3v) is 6.78. The first-order valence-electron chi connectivity index (χ1n) is 12.3. The minimum Gasteiger partial charge on any atom is -0.460 e. The van der Waals surface area contributed by atoms with E-state index >= 15 is 0 Å². The van der Waals surface area contributed by atoms with Gasteiger partial charge in [-0.25, -0.2) is 4.79 Å². The van der Waals surface area contributed by atoms with E-state index in [1.54, 1.807) is 13.0 Å². The molecule has 1 aliphatic heterocycles. The van der Waals surface area contributed by atoms with Gasteiger partial charge in [-0.3, -0.25) is 4.90 Å². The molecule has 1 saturated heterocycles. The lowest BCUT2D eigenvalue weighted by molar-refractivity contribution is 0.0492. The van der Waals surface area contributed by atoms with Gasteiger partial charge in [0, 0.05) is 54.4 Å². The summed E-state index contributed by atoms with van der Waals surface area (Å²) >= 11 is 0. The Hall–Kier alpha value is -3.47. The van der Waals surface area contributed by atoms with Gasteiger partial charge >= 0.3 is 5.97 Å². The lowest BCUT2D eigenvalue weighted by Gasteiger charge is -2.36. The highest BCUT2D eigenvalue weighted by Crippen LogP contribution is 2.27. The second-order valence-corrected chi connectivity index (χ2v) is 9.03. The second-order valence-electron chi connectivity index (χ2n) is 9.03. The van der Waals surface area contributed by atoms with Crippen molar-refractivity contribution >= 4 is 45.9 Å². The lowest BCUT2D eigenvalue weighted by atomic mass is 10.1. The summed E-state index contributed by atoms with van der Waals surface area (Å²) in [6.45, 7) is 7.25. The average Bonchev–Trinajstić information content (AvgIpc) is 3.50. The summed E-state index contributed by atoms with van der Waals surface area (Å²) in [5.41, 5.74) is 4.96. The molecule has 0 radical (unpaired) electrons. The summed E-state index contributed by atoms with van der Waals surface area (Å²) in [5, 5.41) is 11.3. The molecule has 1 N–H and O–H groups in total. The maximum absolute atomic E-state index is 12.0. The number of aromatic amines is 1. The summed E-state index contributed by atoms with van der Waals surface area (Å²) in [5.74, 6) is -0.169. The summed E-state index contributed by atoms with van der Waals surface area (Å²) < 4.78 is 10.7. The first kappa shape index (κ1) is 25.6. The van der Waals surface area contributed by atoms with Crippen molar-refractivity contribution in [2.24, 2.45) is 0 Å². The molecule has 4 aromatic rings. The van der Waals surface area contributed by atoms with Crippen molar-refractivity contribution in [3.8, 4) is 6.07 Å². The first-order chi connectivity index (χ1) is 17.1. The van der Waals surface area contributed by atoms with E-state index in [2.05, 4.69) is 39.2 Å². The monoisotopic (exact) mass is 506 g/mol. The molecule has 0 atom stereocenters. The Morgan fingerprint density at radius 1 is 1.11 bits per heavy atom. The molecule has 1 fully saturated rings. The highest BCUT2D eigenvalue weighted by Gasteiger charge is 2.19. The van der Waals surface area contributed by atoms with Crippen LogP contribution in [-0.4, -0.2) is 55.2 Å². The Bertz CT molecular complexity index is 1380. The number of halogens is 1. The number of H-pyrrole nitrogens is 1. The zero-order valence-electron chi connectivity index (χ0n) is 20.5. The fourth-order valence-corrected chi connectivity index (χ4v) is 4.87. The van der Waals surface area contributed by atoms with Gasteiger partial charge in [0.15, 0.2) is 0 Å². The largest absolute Gasteiger partial charge is 0.460 e. The van der Waals surface area contributed by atoms with Crippen LogP contribution in [0, 0.1) is 11.3 Å². The van der Waals surface area contributed by atoms with E-state index < -0.39 is 5.97 Å². The van der Waals surface area contributed by atoms with E-state index in [1.807, 2.05) is 24.3 Å². The number of hydrogen-bond acceptors (Lipinski definition) is 6. The molecule has 0 amide bonds. The number of nitrogens with zero attached hydrogens (tertiary/aromatic N) is 3. The van der Waals surface area contributed by atoms with Crippen LogP contribution < -0.4 is 4.90 Å². The number of furan rings is 1. The highest BCUT2D eigenvalue weighted by atomic mass is 35.5. The van der Waals surface area contributed by atoms with Crippen molar-refractivity contribution in [2.75, 3.05) is 44.2 Å². The van der Waals surface area contributed by atoms with E-state index in [4.69, 9.17) is 9.15 Å². The fraction of sp³-hybridized carbons (Fsp3) is 0.357. The van der Waals surface area contributed by atoms with Crippen LogP contribution >= 0.6 is 12.4 Å². The molecule has 3 heterocycles. The maximum atomic E-state index is 12.0.